The van der Waals surface area contributed by atoms with Crippen LogP contribution in [0.4, 0.5) is 34.4 Å². The number of benzene rings is 2. The third kappa shape index (κ3) is 9.21. The Kier molecular flexibility index (Phi) is 13.2. The molecule has 2 N–H and O–H groups in total. The molecule has 4 fully saturated rings. The highest BCUT2D eigenvalue weighted by Crippen LogP contribution is 2.40. The maximum absolute atomic E-state index is 13.8. The molecular weight excluding hydrogens is 809 g/mol. The monoisotopic (exact) mass is 872 g/mol. The van der Waals surface area contributed by atoms with Gasteiger partial charge in [-0.3, -0.25) is 19.2 Å². The number of amides is 4. The Balaban J connectivity index is 0.000000191. The van der Waals surface area contributed by atoms with Crippen LogP contribution < -0.4 is 20.4 Å². The first-order valence-electron chi connectivity index (χ1n) is 23.2. The van der Waals surface area contributed by atoms with Gasteiger partial charge < -0.3 is 39.7 Å². The van der Waals surface area contributed by atoms with Gasteiger partial charge in [0, 0.05) is 89.7 Å². The van der Waals surface area contributed by atoms with Crippen LogP contribution in [0.5, 0.6) is 0 Å². The van der Waals surface area contributed by atoms with Crippen molar-refractivity contribution in [1.29, 1.82) is 0 Å². The van der Waals surface area contributed by atoms with Gasteiger partial charge >= 0.3 is 0 Å². The highest BCUT2D eigenvalue weighted by Gasteiger charge is 2.36. The largest absolute Gasteiger partial charge is 0.381 e. The van der Waals surface area contributed by atoms with Crippen LogP contribution in [0.3, 0.4) is 0 Å². The maximum Gasteiger partial charge on any atom is 0.253 e. The number of carbonyl (C=O) groups excluding carboxylic acids is 4. The molecule has 4 aromatic rings. The van der Waals surface area contributed by atoms with Crippen LogP contribution in [0.1, 0.15) is 112 Å². The molecule has 2 aromatic carbocycles. The number of likely N-dealkylation sites (tertiary alicyclic amines) is 2. The summed E-state index contributed by atoms with van der Waals surface area (Å²) >= 11 is 0. The van der Waals surface area contributed by atoms with Gasteiger partial charge in [-0.05, 0) is 126 Å². The molecule has 14 heteroatoms. The van der Waals surface area contributed by atoms with Gasteiger partial charge in [-0.25, -0.2) is 9.97 Å². The third-order valence-corrected chi connectivity index (χ3v) is 14.0. The van der Waals surface area contributed by atoms with Crippen molar-refractivity contribution in [2.75, 3.05) is 60.8 Å². The Hall–Kier alpha value is -5.86. The van der Waals surface area contributed by atoms with Crippen molar-refractivity contribution in [3.63, 3.8) is 0 Å². The van der Waals surface area contributed by atoms with Gasteiger partial charge in [-0.2, -0.15) is 0 Å². The van der Waals surface area contributed by atoms with Crippen LogP contribution >= 0.6 is 0 Å². The number of hydrogen-bond donors (Lipinski definition) is 2. The normalized spacial score (nSPS) is 22.5. The highest BCUT2D eigenvalue weighted by molar-refractivity contribution is 6.04. The minimum absolute atomic E-state index is 0. The molecule has 0 atom stereocenters. The van der Waals surface area contributed by atoms with Gasteiger partial charge in [0.05, 0.1) is 48.0 Å². The minimum atomic E-state index is -0.0367. The SMILES string of the molecule is COC1CCC(C(=O)N2Cc3cccnc3Nc3ccc(C(=O)N4CCCC4)cc32)CC1.COC1CCC(C(=O)N2Cc3cccnc3Nc3ccc(C(=O)N4CCCC4)cc32)CC1.[HH].[HH]. The Morgan fingerprint density at radius 3 is 1.33 bits per heavy atom. The number of anilines is 6. The fourth-order valence-corrected chi connectivity index (χ4v) is 10.2. The van der Waals surface area contributed by atoms with E-state index in [9.17, 15) is 19.2 Å². The molecule has 4 amide bonds. The number of methoxy groups -OCH3 is 2. The van der Waals surface area contributed by atoms with Crippen LogP contribution in [-0.4, -0.2) is 96.0 Å². The van der Waals surface area contributed by atoms with Gasteiger partial charge in [0.15, 0.2) is 0 Å². The van der Waals surface area contributed by atoms with E-state index in [0.29, 0.717) is 24.2 Å². The summed E-state index contributed by atoms with van der Waals surface area (Å²) in [6.45, 7) is 4.08. The summed E-state index contributed by atoms with van der Waals surface area (Å²) in [6, 6.07) is 19.1. The third-order valence-electron chi connectivity index (χ3n) is 14.0. The number of nitrogens with zero attached hydrogens (tertiary/aromatic N) is 6. The smallest absolute Gasteiger partial charge is 0.253 e. The predicted octanol–water partition coefficient (Wildman–Crippen LogP) is 8.72. The fraction of sp³-hybridized carbons (Fsp3) is 0.480. The second-order valence-corrected chi connectivity index (χ2v) is 18.0. The standard InChI is InChI=1S/2C25H30N4O3.2H2/c2*1-32-20-9-6-17(7-10-20)25(31)29-16-19-5-4-12-26-23(19)27-21-11-8-18(15-22(21)29)24(30)28-13-2-3-14-28;;/h2*4-5,8,11-12,15,17,20H,2-3,6-7,9-10,13-14,16H2,1H3,(H,26,27);2*1H. The van der Waals surface area contributed by atoms with Crippen molar-refractivity contribution in [1.82, 2.24) is 19.8 Å². The molecule has 2 saturated heterocycles. The zero-order chi connectivity index (χ0) is 44.2. The molecule has 0 spiro atoms. The summed E-state index contributed by atoms with van der Waals surface area (Å²) < 4.78 is 11.0. The van der Waals surface area contributed by atoms with Crippen LogP contribution in [-0.2, 0) is 32.2 Å². The number of fused-ring (bicyclic) bond motifs is 4. The second-order valence-electron chi connectivity index (χ2n) is 18.0. The molecule has 6 heterocycles. The first-order valence-corrected chi connectivity index (χ1v) is 23.2. The van der Waals surface area contributed by atoms with Gasteiger partial charge in [0.2, 0.25) is 11.8 Å². The van der Waals surface area contributed by atoms with Gasteiger partial charge in [0.1, 0.15) is 11.6 Å². The summed E-state index contributed by atoms with van der Waals surface area (Å²) in [5.41, 5.74) is 6.32. The first kappa shape index (κ1) is 43.4. The average Bonchev–Trinajstić information content (AvgIpc) is 4.04. The predicted molar refractivity (Wildman–Crippen MR) is 250 cm³/mol. The van der Waals surface area contributed by atoms with E-state index in [2.05, 4.69) is 20.6 Å². The molecule has 0 radical (unpaired) electrons. The molecular formula is C50H64N8O6. The van der Waals surface area contributed by atoms with Crippen molar-refractivity contribution < 1.29 is 31.5 Å². The number of nitrogens with one attached hydrogen (secondary N) is 2. The topological polar surface area (TPSA) is 150 Å². The second kappa shape index (κ2) is 19.5. The van der Waals surface area contributed by atoms with E-state index in [1.54, 1.807) is 26.6 Å². The van der Waals surface area contributed by atoms with E-state index in [0.717, 1.165) is 149 Å². The van der Waals surface area contributed by atoms with Crippen molar-refractivity contribution in [2.45, 2.75) is 102 Å². The summed E-state index contributed by atoms with van der Waals surface area (Å²) in [6.07, 6.45) is 15.1. The molecule has 0 unspecified atom stereocenters. The Labute approximate surface area is 378 Å². The molecule has 64 heavy (non-hydrogen) atoms. The first-order chi connectivity index (χ1) is 31.3. The van der Waals surface area contributed by atoms with Crippen LogP contribution in [0.2, 0.25) is 0 Å². The van der Waals surface area contributed by atoms with E-state index in [1.165, 1.54) is 0 Å². The molecule has 2 aromatic heterocycles. The van der Waals surface area contributed by atoms with Crippen LogP contribution in [0.15, 0.2) is 73.1 Å². The molecule has 2 saturated carbocycles. The van der Waals surface area contributed by atoms with E-state index in [4.69, 9.17) is 9.47 Å². The molecule has 10 rings (SSSR count). The van der Waals surface area contributed by atoms with Crippen molar-refractivity contribution in [3.8, 4) is 0 Å². The zero-order valence-corrected chi connectivity index (χ0v) is 37.1. The molecule has 14 nitrogen and oxygen atoms in total. The number of rotatable bonds is 6. The quantitative estimate of drug-likeness (QED) is 0.193. The van der Waals surface area contributed by atoms with E-state index < -0.39 is 0 Å². The summed E-state index contributed by atoms with van der Waals surface area (Å²) in [5, 5.41) is 6.79. The Morgan fingerprint density at radius 2 is 0.953 bits per heavy atom. The summed E-state index contributed by atoms with van der Waals surface area (Å²) in [7, 11) is 3.48. The number of carbonyl (C=O) groups is 4. The van der Waals surface area contributed by atoms with Crippen LogP contribution in [0.25, 0.3) is 0 Å². The van der Waals surface area contributed by atoms with Gasteiger partial charge in [-0.15, -0.1) is 0 Å². The number of pyridine rings is 2. The lowest BCUT2D eigenvalue weighted by atomic mass is 9.86. The van der Waals surface area contributed by atoms with Gasteiger partial charge in [-0.1, -0.05) is 12.1 Å². The molecule has 0 bridgehead atoms. The molecule has 4 aliphatic heterocycles. The maximum atomic E-state index is 13.8. The van der Waals surface area contributed by atoms with Crippen molar-refractivity contribution in [3.05, 3.63) is 95.3 Å². The van der Waals surface area contributed by atoms with E-state index in [-0.39, 0.29) is 50.5 Å². The van der Waals surface area contributed by atoms with Crippen molar-refractivity contribution >= 4 is 58.0 Å². The zero-order valence-electron chi connectivity index (χ0n) is 37.1. The Bertz CT molecular complexity index is 2200. The fourth-order valence-electron chi connectivity index (χ4n) is 10.2. The van der Waals surface area contributed by atoms with Crippen molar-refractivity contribution in [2.24, 2.45) is 11.8 Å². The lowest BCUT2D eigenvalue weighted by Gasteiger charge is -2.32. The highest BCUT2D eigenvalue weighted by atomic mass is 16.5. The molecule has 6 aliphatic rings. The number of ether oxygens (including phenoxy) is 2. The lowest BCUT2D eigenvalue weighted by Crippen LogP contribution is -2.38. The number of hydrogen-bond acceptors (Lipinski definition) is 10. The van der Waals surface area contributed by atoms with Crippen LogP contribution in [0, 0.1) is 11.8 Å². The summed E-state index contributed by atoms with van der Waals surface area (Å²) in [4.78, 5) is 70.1. The van der Waals surface area contributed by atoms with Gasteiger partial charge in [0.25, 0.3) is 11.8 Å². The van der Waals surface area contributed by atoms with E-state index in [1.807, 2.05) is 80.3 Å². The number of aromatic nitrogens is 2. The molecule has 2 aliphatic carbocycles. The lowest BCUT2D eigenvalue weighted by molar-refractivity contribution is -0.125. The van der Waals surface area contributed by atoms with E-state index >= 15 is 0 Å². The minimum Gasteiger partial charge on any atom is -0.381 e. The average molecular weight is 873 g/mol. The summed E-state index contributed by atoms with van der Waals surface area (Å²) in [5.74, 6) is 1.75. The Morgan fingerprint density at radius 1 is 0.562 bits per heavy atom. The molecule has 340 valence electrons.